The molecule has 2 bridgehead atoms. The Bertz CT molecular complexity index is 341. The largest absolute Gasteiger partial charge is 0.412 e. The number of nitrogens with two attached hydrogens (primary N) is 1. The van der Waals surface area contributed by atoms with Crippen LogP contribution in [0.15, 0.2) is 30.3 Å². The Morgan fingerprint density at radius 1 is 0.824 bits per heavy atom. The Morgan fingerprint density at radius 2 is 1.29 bits per heavy atom. The maximum atomic E-state index is 6.33. The van der Waals surface area contributed by atoms with Crippen molar-refractivity contribution in [1.82, 2.24) is 0 Å². The van der Waals surface area contributed by atoms with Crippen LogP contribution in [0.25, 0.3) is 0 Å². The molecule has 0 aliphatic heterocycles. The maximum absolute atomic E-state index is 6.33. The molecule has 1 aromatic carbocycles. The first-order chi connectivity index (χ1) is 7.23. The molecule has 3 aliphatic rings. The van der Waals surface area contributed by atoms with Crippen LogP contribution in [0.2, 0.25) is 0 Å². The van der Waals surface area contributed by atoms with Gasteiger partial charge in [-0.25, -0.2) is 0 Å². The van der Waals surface area contributed by atoms with Gasteiger partial charge in [0.05, 0.1) is 0 Å². The van der Waals surface area contributed by atoms with E-state index in [1.165, 1.54) is 38.5 Å². The molecular formula is C14H22ClNO. The quantitative estimate of drug-likeness (QED) is 0.824. The molecule has 0 amide bonds. The second-order valence-corrected chi connectivity index (χ2v) is 5.51. The summed E-state index contributed by atoms with van der Waals surface area (Å²) in [6.07, 6.45) is 7.57. The Morgan fingerprint density at radius 3 is 1.76 bits per heavy atom. The summed E-state index contributed by atoms with van der Waals surface area (Å²) in [4.78, 5) is 0. The van der Waals surface area contributed by atoms with Gasteiger partial charge in [-0.05, 0) is 49.5 Å². The van der Waals surface area contributed by atoms with Crippen LogP contribution in [-0.2, 0) is 5.41 Å². The van der Waals surface area contributed by atoms with Gasteiger partial charge in [0.25, 0.3) is 0 Å². The predicted octanol–water partition coefficient (Wildman–Crippen LogP) is 2.59. The van der Waals surface area contributed by atoms with E-state index < -0.39 is 0 Å². The molecule has 0 heterocycles. The lowest BCUT2D eigenvalue weighted by Crippen LogP contribution is -2.53. The molecule has 1 aromatic rings. The fourth-order valence-electron chi connectivity index (χ4n) is 3.44. The van der Waals surface area contributed by atoms with Crippen molar-refractivity contribution in [3.8, 4) is 0 Å². The third-order valence-corrected chi connectivity index (χ3v) is 4.69. The minimum absolute atomic E-state index is 0. The molecule has 0 atom stereocenters. The molecule has 4 rings (SSSR count). The number of hydrogen-bond donors (Lipinski definition) is 1. The topological polar surface area (TPSA) is 57.5 Å². The molecule has 3 heteroatoms. The summed E-state index contributed by atoms with van der Waals surface area (Å²) in [5, 5.41) is 0. The number of hydrogen-bond acceptors (Lipinski definition) is 1. The second-order valence-electron chi connectivity index (χ2n) is 5.51. The highest BCUT2D eigenvalue weighted by molar-refractivity contribution is 5.85. The molecule has 3 aliphatic carbocycles. The molecule has 3 fully saturated rings. The minimum Gasteiger partial charge on any atom is -0.412 e. The molecule has 0 saturated heterocycles. The summed E-state index contributed by atoms with van der Waals surface area (Å²) in [7, 11) is 0. The van der Waals surface area contributed by atoms with Crippen molar-refractivity contribution in [2.75, 3.05) is 0 Å². The Labute approximate surface area is 109 Å². The maximum Gasteiger partial charge on any atom is 0.0155 e. The lowest BCUT2D eigenvalue weighted by molar-refractivity contribution is 0.107. The van der Waals surface area contributed by atoms with E-state index in [-0.39, 0.29) is 23.4 Å². The van der Waals surface area contributed by atoms with E-state index in [9.17, 15) is 0 Å². The fraction of sp³-hybridized carbons (Fsp3) is 0.571. The normalized spacial score (nSPS) is 34.6. The van der Waals surface area contributed by atoms with Crippen molar-refractivity contribution >= 4 is 12.4 Å². The van der Waals surface area contributed by atoms with E-state index in [0.717, 1.165) is 0 Å². The summed E-state index contributed by atoms with van der Waals surface area (Å²) in [5.41, 5.74) is 8.55. The minimum atomic E-state index is 0. The van der Waals surface area contributed by atoms with E-state index >= 15 is 0 Å². The van der Waals surface area contributed by atoms with Gasteiger partial charge >= 0.3 is 0 Å². The molecule has 0 aromatic heterocycles. The highest BCUT2D eigenvalue weighted by Crippen LogP contribution is 2.52. The smallest absolute Gasteiger partial charge is 0.0155 e. The zero-order valence-corrected chi connectivity index (χ0v) is 10.9. The predicted molar refractivity (Wildman–Crippen MR) is 73.6 cm³/mol. The Hall–Kier alpha value is -0.570. The molecule has 4 N–H and O–H groups in total. The first-order valence-corrected chi connectivity index (χ1v) is 6.07. The molecule has 0 radical (unpaired) electrons. The van der Waals surface area contributed by atoms with E-state index in [1.807, 2.05) is 0 Å². The van der Waals surface area contributed by atoms with Gasteiger partial charge in [-0.1, -0.05) is 30.3 Å². The first-order valence-electron chi connectivity index (χ1n) is 6.07. The third-order valence-electron chi connectivity index (χ3n) is 4.69. The molecule has 0 spiro atoms. The molecule has 17 heavy (non-hydrogen) atoms. The van der Waals surface area contributed by atoms with Crippen molar-refractivity contribution in [2.24, 2.45) is 5.73 Å². The van der Waals surface area contributed by atoms with Crippen LogP contribution in [0.4, 0.5) is 0 Å². The van der Waals surface area contributed by atoms with Gasteiger partial charge < -0.3 is 11.2 Å². The van der Waals surface area contributed by atoms with E-state index in [0.29, 0.717) is 5.41 Å². The van der Waals surface area contributed by atoms with E-state index in [1.54, 1.807) is 5.56 Å². The zero-order valence-electron chi connectivity index (χ0n) is 10.1. The molecule has 3 saturated carbocycles. The second kappa shape index (κ2) is 4.97. The van der Waals surface area contributed by atoms with Gasteiger partial charge in [-0.3, -0.25) is 0 Å². The van der Waals surface area contributed by atoms with Crippen LogP contribution in [0.3, 0.4) is 0 Å². The fourth-order valence-corrected chi connectivity index (χ4v) is 3.44. The summed E-state index contributed by atoms with van der Waals surface area (Å²) in [6, 6.07) is 11.1. The van der Waals surface area contributed by atoms with Gasteiger partial charge in [0, 0.05) is 5.54 Å². The molecule has 96 valence electrons. The Balaban J connectivity index is 0.000000722. The van der Waals surface area contributed by atoms with Crippen LogP contribution >= 0.6 is 12.4 Å². The number of halogens is 1. The van der Waals surface area contributed by atoms with Crippen molar-refractivity contribution in [1.29, 1.82) is 0 Å². The number of rotatable bonds is 1. The van der Waals surface area contributed by atoms with Crippen molar-refractivity contribution < 1.29 is 5.48 Å². The highest BCUT2D eigenvalue weighted by Gasteiger charge is 2.47. The van der Waals surface area contributed by atoms with E-state index in [2.05, 4.69) is 30.3 Å². The lowest BCUT2D eigenvalue weighted by atomic mass is 9.55. The summed E-state index contributed by atoms with van der Waals surface area (Å²) in [6.45, 7) is 0. The number of fused-ring (bicyclic) bond motifs is 3. The highest BCUT2D eigenvalue weighted by atomic mass is 35.5. The number of benzene rings is 1. The standard InChI is InChI=1S/C14H19N.ClH.H2O/c15-14-9-6-13(7-10-14,8-11-14)12-4-2-1-3-5-12;;/h1-5H,6-11,15H2;1H;1H2. The van der Waals surface area contributed by atoms with Gasteiger partial charge in [0.1, 0.15) is 0 Å². The molecular weight excluding hydrogens is 234 g/mol. The van der Waals surface area contributed by atoms with Crippen LogP contribution in [0.1, 0.15) is 44.1 Å². The molecule has 2 nitrogen and oxygen atoms in total. The van der Waals surface area contributed by atoms with Crippen LogP contribution < -0.4 is 5.73 Å². The summed E-state index contributed by atoms with van der Waals surface area (Å²) < 4.78 is 0. The van der Waals surface area contributed by atoms with Crippen LogP contribution in [0.5, 0.6) is 0 Å². The zero-order chi connectivity index (χ0) is 10.4. The van der Waals surface area contributed by atoms with Crippen molar-refractivity contribution in [2.45, 2.75) is 49.5 Å². The van der Waals surface area contributed by atoms with Crippen molar-refractivity contribution in [3.63, 3.8) is 0 Å². The third kappa shape index (κ3) is 2.35. The SMILES string of the molecule is Cl.NC12CCC(c3ccccc3)(CC1)CC2.O. The molecule has 0 unspecified atom stereocenters. The van der Waals surface area contributed by atoms with E-state index in [4.69, 9.17) is 5.73 Å². The summed E-state index contributed by atoms with van der Waals surface area (Å²) >= 11 is 0. The lowest BCUT2D eigenvalue weighted by Gasteiger charge is -2.52. The monoisotopic (exact) mass is 255 g/mol. The first kappa shape index (κ1) is 14.5. The van der Waals surface area contributed by atoms with Crippen LogP contribution in [-0.4, -0.2) is 11.0 Å². The van der Waals surface area contributed by atoms with Gasteiger partial charge in [-0.2, -0.15) is 0 Å². The van der Waals surface area contributed by atoms with Crippen molar-refractivity contribution in [3.05, 3.63) is 35.9 Å². The Kier molecular flexibility index (Phi) is 4.23. The average Bonchev–Trinajstić information content (AvgIpc) is 2.32. The van der Waals surface area contributed by atoms with Gasteiger partial charge in [0.2, 0.25) is 0 Å². The average molecular weight is 256 g/mol. The van der Waals surface area contributed by atoms with Gasteiger partial charge in [-0.15, -0.1) is 12.4 Å². The summed E-state index contributed by atoms with van der Waals surface area (Å²) in [5.74, 6) is 0. The van der Waals surface area contributed by atoms with Crippen LogP contribution in [0, 0.1) is 0 Å². The van der Waals surface area contributed by atoms with Gasteiger partial charge in [0.15, 0.2) is 0 Å².